The van der Waals surface area contributed by atoms with E-state index in [1.165, 1.54) is 26.8 Å². The number of carbonyl (C=O) groups is 4. The predicted molar refractivity (Wildman–Crippen MR) is 69.5 cm³/mol. The molecule has 0 N–H and O–H groups in total. The molecule has 1 aliphatic carbocycles. The van der Waals surface area contributed by atoms with Crippen LogP contribution in [0.25, 0.3) is 0 Å². The number of hydrogen-bond donors (Lipinski definition) is 0. The lowest BCUT2D eigenvalue weighted by Crippen LogP contribution is -2.45. The molecule has 1 fully saturated rings. The quantitative estimate of drug-likeness (QED) is 0.224. The molecule has 0 spiro atoms. The number of fused-ring (bicyclic) bond motifs is 1. The van der Waals surface area contributed by atoms with Crippen molar-refractivity contribution in [3.63, 3.8) is 0 Å². The summed E-state index contributed by atoms with van der Waals surface area (Å²) in [5.41, 5.74) is -0.956. The molecule has 2 rings (SSSR count). The molecule has 0 saturated carbocycles. The molecule has 0 radical (unpaired) electrons. The van der Waals surface area contributed by atoms with Crippen molar-refractivity contribution in [3.05, 3.63) is 11.6 Å². The SMILES string of the molecule is CC(=O)OCC1=C[C@H](OC(C)=O)[C@@]2(C=O)O[C@H]2[C@@H]1OC(C)=O. The van der Waals surface area contributed by atoms with Gasteiger partial charge in [-0.05, 0) is 6.08 Å². The van der Waals surface area contributed by atoms with Crippen molar-refractivity contribution < 1.29 is 38.1 Å². The second-order valence-corrected chi connectivity index (χ2v) is 5.09. The van der Waals surface area contributed by atoms with Gasteiger partial charge in [0.2, 0.25) is 0 Å². The standard InChI is InChI=1S/C14H16O8/c1-7(16)19-5-10-4-11(20-8(2)17)14(6-15)13(22-14)12(10)21-9(3)18/h4,6,11-13H,5H2,1-3H3/t11-,12+,13-,14+/m0/s1. The van der Waals surface area contributed by atoms with Crippen molar-refractivity contribution in [3.8, 4) is 0 Å². The Kier molecular flexibility index (Phi) is 4.32. The molecule has 8 heteroatoms. The van der Waals surface area contributed by atoms with Crippen LogP contribution in [-0.4, -0.2) is 54.7 Å². The van der Waals surface area contributed by atoms with Crippen molar-refractivity contribution in [2.75, 3.05) is 6.61 Å². The van der Waals surface area contributed by atoms with E-state index in [0.717, 1.165) is 0 Å². The summed E-state index contributed by atoms with van der Waals surface area (Å²) in [7, 11) is 0. The Bertz CT molecular complexity index is 551. The maximum Gasteiger partial charge on any atom is 0.303 e. The highest BCUT2D eigenvalue weighted by Gasteiger charge is 2.70. The Morgan fingerprint density at radius 3 is 2.32 bits per heavy atom. The zero-order chi connectivity index (χ0) is 16.5. The van der Waals surface area contributed by atoms with Gasteiger partial charge in [0.25, 0.3) is 0 Å². The number of hydrogen-bond acceptors (Lipinski definition) is 8. The fourth-order valence-electron chi connectivity index (χ4n) is 2.43. The van der Waals surface area contributed by atoms with Crippen LogP contribution in [0.3, 0.4) is 0 Å². The molecule has 120 valence electrons. The fourth-order valence-corrected chi connectivity index (χ4v) is 2.43. The maximum atomic E-state index is 11.3. The van der Waals surface area contributed by atoms with Gasteiger partial charge in [-0.25, -0.2) is 0 Å². The van der Waals surface area contributed by atoms with Crippen molar-refractivity contribution >= 4 is 24.2 Å². The van der Waals surface area contributed by atoms with Gasteiger partial charge in [0.15, 0.2) is 24.1 Å². The van der Waals surface area contributed by atoms with Crippen molar-refractivity contribution in [2.24, 2.45) is 0 Å². The summed E-state index contributed by atoms with van der Waals surface area (Å²) >= 11 is 0. The topological polar surface area (TPSA) is 108 Å². The van der Waals surface area contributed by atoms with Crippen molar-refractivity contribution in [1.82, 2.24) is 0 Å². The molecular weight excluding hydrogens is 296 g/mol. The number of rotatable bonds is 5. The van der Waals surface area contributed by atoms with E-state index in [9.17, 15) is 19.2 Å². The molecule has 1 saturated heterocycles. The van der Waals surface area contributed by atoms with Gasteiger partial charge in [-0.3, -0.25) is 19.2 Å². The Balaban J connectivity index is 2.29. The molecule has 0 aromatic rings. The van der Waals surface area contributed by atoms with E-state index in [0.29, 0.717) is 11.9 Å². The van der Waals surface area contributed by atoms with Gasteiger partial charge in [0, 0.05) is 26.3 Å². The monoisotopic (exact) mass is 312 g/mol. The van der Waals surface area contributed by atoms with Gasteiger partial charge >= 0.3 is 17.9 Å². The lowest BCUT2D eigenvalue weighted by Gasteiger charge is -2.27. The Morgan fingerprint density at radius 1 is 1.18 bits per heavy atom. The number of carbonyl (C=O) groups excluding carboxylic acids is 4. The third-order valence-electron chi connectivity index (χ3n) is 3.38. The molecule has 0 aromatic heterocycles. The summed E-state index contributed by atoms with van der Waals surface area (Å²) in [6.45, 7) is 3.50. The van der Waals surface area contributed by atoms with Crippen LogP contribution in [0, 0.1) is 0 Å². The summed E-state index contributed by atoms with van der Waals surface area (Å²) in [4.78, 5) is 44.7. The molecule has 1 heterocycles. The highest BCUT2D eigenvalue weighted by Crippen LogP contribution is 2.48. The largest absolute Gasteiger partial charge is 0.461 e. The van der Waals surface area contributed by atoms with Crippen LogP contribution in [0.4, 0.5) is 0 Å². The van der Waals surface area contributed by atoms with E-state index in [1.807, 2.05) is 0 Å². The van der Waals surface area contributed by atoms with Crippen LogP contribution in [0.15, 0.2) is 11.6 Å². The lowest BCUT2D eigenvalue weighted by atomic mass is 9.86. The smallest absolute Gasteiger partial charge is 0.303 e. The van der Waals surface area contributed by atoms with Crippen molar-refractivity contribution in [1.29, 1.82) is 0 Å². The lowest BCUT2D eigenvalue weighted by molar-refractivity contribution is -0.151. The van der Waals surface area contributed by atoms with Gasteiger partial charge in [-0.1, -0.05) is 0 Å². The number of epoxide rings is 1. The zero-order valence-corrected chi connectivity index (χ0v) is 12.4. The van der Waals surface area contributed by atoms with Crippen LogP contribution in [-0.2, 0) is 38.1 Å². The summed E-state index contributed by atoms with van der Waals surface area (Å²) < 4.78 is 20.5. The first-order valence-electron chi connectivity index (χ1n) is 6.62. The van der Waals surface area contributed by atoms with Crippen LogP contribution < -0.4 is 0 Å². The van der Waals surface area contributed by atoms with Gasteiger partial charge < -0.3 is 18.9 Å². The number of esters is 3. The molecule has 4 atom stereocenters. The van der Waals surface area contributed by atoms with Crippen molar-refractivity contribution in [2.45, 2.75) is 44.7 Å². The van der Waals surface area contributed by atoms with E-state index in [1.54, 1.807) is 0 Å². The van der Waals surface area contributed by atoms with E-state index in [4.69, 9.17) is 18.9 Å². The van der Waals surface area contributed by atoms with Gasteiger partial charge in [0.1, 0.15) is 12.7 Å². The Labute approximate surface area is 126 Å². The minimum absolute atomic E-state index is 0.153. The van der Waals surface area contributed by atoms with E-state index in [2.05, 4.69) is 0 Å². The van der Waals surface area contributed by atoms with Crippen LogP contribution in [0.1, 0.15) is 20.8 Å². The third-order valence-corrected chi connectivity index (χ3v) is 3.38. The molecule has 2 aliphatic rings. The highest BCUT2D eigenvalue weighted by molar-refractivity contribution is 5.75. The summed E-state index contributed by atoms with van der Waals surface area (Å²) in [6.07, 6.45) is -0.635. The average molecular weight is 312 g/mol. The molecule has 8 nitrogen and oxygen atoms in total. The van der Waals surface area contributed by atoms with Gasteiger partial charge in [-0.15, -0.1) is 0 Å². The first-order valence-corrected chi connectivity index (χ1v) is 6.62. The molecule has 0 amide bonds. The Hall–Kier alpha value is -2.22. The molecule has 0 unspecified atom stereocenters. The summed E-state index contributed by atoms with van der Waals surface area (Å²) in [6, 6.07) is 0. The first kappa shape index (κ1) is 16.2. The van der Waals surface area contributed by atoms with E-state index in [-0.39, 0.29) is 6.61 Å². The van der Waals surface area contributed by atoms with E-state index < -0.39 is 41.8 Å². The molecular formula is C14H16O8. The third kappa shape index (κ3) is 3.01. The van der Waals surface area contributed by atoms with Crippen LogP contribution >= 0.6 is 0 Å². The maximum absolute atomic E-state index is 11.3. The summed E-state index contributed by atoms with van der Waals surface area (Å²) in [5, 5.41) is 0. The normalized spacial score (nSPS) is 32.1. The number of aldehydes is 1. The fraction of sp³-hybridized carbons (Fsp3) is 0.571. The molecule has 0 aromatic carbocycles. The average Bonchev–Trinajstić information content (AvgIpc) is 3.15. The minimum Gasteiger partial charge on any atom is -0.461 e. The van der Waals surface area contributed by atoms with E-state index >= 15 is 0 Å². The Morgan fingerprint density at radius 2 is 1.82 bits per heavy atom. The van der Waals surface area contributed by atoms with Crippen LogP contribution in [0.5, 0.6) is 0 Å². The predicted octanol–water partition coefficient (Wildman–Crippen LogP) is -0.311. The zero-order valence-electron chi connectivity index (χ0n) is 12.4. The second-order valence-electron chi connectivity index (χ2n) is 5.09. The number of ether oxygens (including phenoxy) is 4. The first-order chi connectivity index (χ1) is 10.3. The molecule has 22 heavy (non-hydrogen) atoms. The minimum atomic E-state index is -1.36. The second kappa shape index (κ2) is 5.88. The van der Waals surface area contributed by atoms with Crippen LogP contribution in [0.2, 0.25) is 0 Å². The molecule has 0 bridgehead atoms. The van der Waals surface area contributed by atoms with Gasteiger partial charge in [0.05, 0.1) is 0 Å². The highest BCUT2D eigenvalue weighted by atomic mass is 16.7. The molecule has 1 aliphatic heterocycles. The summed E-state index contributed by atoms with van der Waals surface area (Å²) in [5.74, 6) is -1.68. The van der Waals surface area contributed by atoms with Gasteiger partial charge in [-0.2, -0.15) is 0 Å².